The second-order valence-electron chi connectivity index (χ2n) is 9.32. The van der Waals surface area contributed by atoms with Crippen molar-refractivity contribution < 1.29 is 19.1 Å². The Morgan fingerprint density at radius 2 is 1.80 bits per heavy atom. The van der Waals surface area contributed by atoms with Crippen LogP contribution >= 0.6 is 11.3 Å². The molecule has 0 radical (unpaired) electrons. The topological polar surface area (TPSA) is 69.9 Å². The van der Waals surface area contributed by atoms with Gasteiger partial charge in [0.15, 0.2) is 4.80 Å². The number of benzene rings is 1. The Bertz CT molecular complexity index is 1030. The van der Waals surface area contributed by atoms with Crippen molar-refractivity contribution in [2.24, 2.45) is 28.2 Å². The smallest absolute Gasteiger partial charge is 0.337 e. The monoisotopic (exact) mass is 428 g/mol. The molecule has 0 unspecified atom stereocenters. The molecule has 7 heteroatoms. The van der Waals surface area contributed by atoms with Crippen LogP contribution < -0.4 is 4.80 Å². The van der Waals surface area contributed by atoms with E-state index in [9.17, 15) is 9.59 Å². The van der Waals surface area contributed by atoms with Crippen LogP contribution in [-0.2, 0) is 20.8 Å². The third-order valence-corrected chi connectivity index (χ3v) is 8.35. The number of hydrogen-bond acceptors (Lipinski definition) is 5. The van der Waals surface area contributed by atoms with E-state index in [2.05, 4.69) is 0 Å². The summed E-state index contributed by atoms with van der Waals surface area (Å²) >= 11 is 1.46. The molecule has 2 aromatic rings. The Labute approximate surface area is 179 Å². The normalized spacial score (nSPS) is 30.2. The second kappa shape index (κ2) is 7.61. The van der Waals surface area contributed by atoms with Crippen molar-refractivity contribution in [3.05, 3.63) is 28.6 Å². The number of thiazole rings is 1. The zero-order valence-electron chi connectivity index (χ0n) is 17.6. The number of rotatable bonds is 5. The predicted octanol–water partition coefficient (Wildman–Crippen LogP) is 3.78. The van der Waals surface area contributed by atoms with Crippen molar-refractivity contribution in [3.63, 3.8) is 0 Å². The van der Waals surface area contributed by atoms with Crippen LogP contribution in [-0.4, -0.2) is 37.3 Å². The fourth-order valence-electron chi connectivity index (χ4n) is 6.38. The Morgan fingerprint density at radius 3 is 2.40 bits per heavy atom. The van der Waals surface area contributed by atoms with E-state index in [1.54, 1.807) is 13.2 Å². The third kappa shape index (κ3) is 3.32. The Hall–Kier alpha value is -1.99. The Kier molecular flexibility index (Phi) is 5.06. The highest BCUT2D eigenvalue weighted by atomic mass is 32.1. The summed E-state index contributed by atoms with van der Waals surface area (Å²) in [5.41, 5.74) is 1.21. The fraction of sp³-hybridized carbons (Fsp3) is 0.609. The number of aromatic nitrogens is 1. The van der Waals surface area contributed by atoms with Gasteiger partial charge in [-0.25, -0.2) is 4.79 Å². The molecule has 4 saturated carbocycles. The number of hydrogen-bond donors (Lipinski definition) is 0. The van der Waals surface area contributed by atoms with Gasteiger partial charge >= 0.3 is 5.97 Å². The summed E-state index contributed by atoms with van der Waals surface area (Å²) in [5.74, 6) is 1.83. The van der Waals surface area contributed by atoms with Gasteiger partial charge in [-0.1, -0.05) is 11.3 Å². The molecule has 4 fully saturated rings. The number of ether oxygens (including phenoxy) is 2. The summed E-state index contributed by atoms with van der Waals surface area (Å²) in [6.07, 6.45) is 6.95. The maximum Gasteiger partial charge on any atom is 0.337 e. The molecule has 6 nitrogen and oxygen atoms in total. The van der Waals surface area contributed by atoms with E-state index in [1.165, 1.54) is 37.7 Å². The minimum atomic E-state index is -0.364. The first-order chi connectivity index (χ1) is 14.5. The molecule has 4 aliphatic carbocycles. The molecule has 0 saturated heterocycles. The molecule has 0 N–H and O–H groups in total. The molecule has 4 aliphatic rings. The van der Waals surface area contributed by atoms with Gasteiger partial charge in [-0.3, -0.25) is 4.79 Å². The SMILES string of the molecule is COCCn1c(=NC(=O)C23CC4CC(CC(C4)C2)C3)sc2cc(C(=O)OC)ccc21. The fourth-order valence-corrected chi connectivity index (χ4v) is 7.47. The van der Waals surface area contributed by atoms with Crippen molar-refractivity contribution in [1.82, 2.24) is 4.57 Å². The highest BCUT2D eigenvalue weighted by molar-refractivity contribution is 7.16. The first-order valence-corrected chi connectivity index (χ1v) is 11.6. The van der Waals surface area contributed by atoms with Crippen LogP contribution in [0.15, 0.2) is 23.2 Å². The van der Waals surface area contributed by atoms with Crippen LogP contribution in [0.25, 0.3) is 10.2 Å². The molecule has 0 spiro atoms. The van der Waals surface area contributed by atoms with Crippen LogP contribution in [0, 0.1) is 23.2 Å². The maximum atomic E-state index is 13.5. The lowest BCUT2D eigenvalue weighted by Gasteiger charge is -2.55. The highest BCUT2D eigenvalue weighted by Gasteiger charge is 2.54. The van der Waals surface area contributed by atoms with Crippen LogP contribution in [0.4, 0.5) is 0 Å². The van der Waals surface area contributed by atoms with Gasteiger partial charge in [0.2, 0.25) is 0 Å². The number of nitrogens with zero attached hydrogens (tertiary/aromatic N) is 2. The van der Waals surface area contributed by atoms with Gasteiger partial charge < -0.3 is 14.0 Å². The van der Waals surface area contributed by atoms with Crippen molar-refractivity contribution in [2.75, 3.05) is 20.8 Å². The molecule has 1 amide bonds. The second-order valence-corrected chi connectivity index (χ2v) is 10.3. The van der Waals surface area contributed by atoms with E-state index in [1.807, 2.05) is 16.7 Å². The molecule has 160 valence electrons. The number of amides is 1. The number of carbonyl (C=O) groups excluding carboxylic acids is 2. The van der Waals surface area contributed by atoms with Crippen LogP contribution in [0.5, 0.6) is 0 Å². The number of esters is 1. The quantitative estimate of drug-likeness (QED) is 0.680. The van der Waals surface area contributed by atoms with Crippen LogP contribution in [0.3, 0.4) is 0 Å². The van der Waals surface area contributed by atoms with Crippen molar-refractivity contribution in [2.45, 2.75) is 45.1 Å². The maximum absolute atomic E-state index is 13.5. The molecular weight excluding hydrogens is 400 g/mol. The highest BCUT2D eigenvalue weighted by Crippen LogP contribution is 2.60. The summed E-state index contributed by atoms with van der Waals surface area (Å²) in [6.45, 7) is 1.14. The van der Waals surface area contributed by atoms with Gasteiger partial charge in [-0.15, -0.1) is 0 Å². The minimum absolute atomic E-state index is 0.0625. The van der Waals surface area contributed by atoms with E-state index < -0.39 is 0 Å². The van der Waals surface area contributed by atoms with Gasteiger partial charge in [-0.2, -0.15) is 4.99 Å². The Balaban J connectivity index is 1.55. The number of methoxy groups -OCH3 is 2. The van der Waals surface area contributed by atoms with Gasteiger partial charge in [0, 0.05) is 13.7 Å². The lowest BCUT2D eigenvalue weighted by molar-refractivity contribution is -0.142. The van der Waals surface area contributed by atoms with Gasteiger partial charge in [0.05, 0.1) is 34.9 Å². The summed E-state index contributed by atoms with van der Waals surface area (Å²) in [5, 5.41) is 0. The zero-order valence-corrected chi connectivity index (χ0v) is 18.4. The summed E-state index contributed by atoms with van der Waals surface area (Å²) in [7, 11) is 3.05. The average Bonchev–Trinajstić information content (AvgIpc) is 3.06. The van der Waals surface area contributed by atoms with Gasteiger partial charge in [-0.05, 0) is 74.5 Å². The van der Waals surface area contributed by atoms with E-state index in [-0.39, 0.29) is 17.3 Å². The molecule has 0 aliphatic heterocycles. The molecule has 1 aromatic carbocycles. The van der Waals surface area contributed by atoms with Gasteiger partial charge in [0.1, 0.15) is 0 Å². The lowest BCUT2D eigenvalue weighted by atomic mass is 9.49. The summed E-state index contributed by atoms with van der Waals surface area (Å²) in [6, 6.07) is 5.49. The summed E-state index contributed by atoms with van der Waals surface area (Å²) < 4.78 is 13.1. The zero-order chi connectivity index (χ0) is 20.9. The minimum Gasteiger partial charge on any atom is -0.465 e. The molecule has 1 aromatic heterocycles. The van der Waals surface area contributed by atoms with Crippen molar-refractivity contribution in [3.8, 4) is 0 Å². The van der Waals surface area contributed by atoms with Crippen LogP contribution in [0.1, 0.15) is 48.9 Å². The molecule has 4 bridgehead atoms. The Morgan fingerprint density at radius 1 is 1.13 bits per heavy atom. The van der Waals surface area contributed by atoms with Crippen LogP contribution in [0.2, 0.25) is 0 Å². The third-order valence-electron chi connectivity index (χ3n) is 7.31. The molecule has 0 atom stereocenters. The first-order valence-electron chi connectivity index (χ1n) is 10.8. The molecule has 30 heavy (non-hydrogen) atoms. The predicted molar refractivity (Wildman–Crippen MR) is 114 cm³/mol. The van der Waals surface area contributed by atoms with E-state index >= 15 is 0 Å². The standard InChI is InChI=1S/C23H28N2O4S/c1-28-6-5-25-18-4-3-17(20(26)29-2)10-19(18)30-22(25)24-21(27)23-11-14-7-15(12-23)9-16(8-14)13-23/h3-4,10,14-16H,5-9,11-13H2,1-2H3. The van der Waals surface area contributed by atoms with E-state index in [0.29, 0.717) is 41.3 Å². The lowest BCUT2D eigenvalue weighted by Crippen LogP contribution is -2.50. The van der Waals surface area contributed by atoms with Crippen molar-refractivity contribution >= 4 is 33.4 Å². The first kappa shape index (κ1) is 19.9. The average molecular weight is 429 g/mol. The van der Waals surface area contributed by atoms with E-state index in [0.717, 1.165) is 29.5 Å². The number of carbonyl (C=O) groups is 2. The number of fused-ring (bicyclic) bond motifs is 1. The summed E-state index contributed by atoms with van der Waals surface area (Å²) in [4.78, 5) is 30.9. The van der Waals surface area contributed by atoms with E-state index in [4.69, 9.17) is 14.5 Å². The largest absolute Gasteiger partial charge is 0.465 e. The van der Waals surface area contributed by atoms with Crippen molar-refractivity contribution in [1.29, 1.82) is 0 Å². The molecule has 6 rings (SSSR count). The molecule has 1 heterocycles. The van der Waals surface area contributed by atoms with Gasteiger partial charge in [0.25, 0.3) is 5.91 Å². The molecular formula is C23H28N2O4S.